The molecule has 0 aliphatic heterocycles. The Hall–Kier alpha value is -1.36. The minimum atomic E-state index is -3.48. The van der Waals surface area contributed by atoms with Crippen LogP contribution in [0.4, 0.5) is 10.1 Å². The lowest BCUT2D eigenvalue weighted by Crippen LogP contribution is -2.17. The number of nitrogens with one attached hydrogen (secondary N) is 1. The van der Waals surface area contributed by atoms with Crippen LogP contribution in [-0.2, 0) is 27.8 Å². The molecule has 0 unspecified atom stereocenters. The van der Waals surface area contributed by atoms with Crippen LogP contribution in [-0.4, -0.2) is 31.9 Å². The topological polar surface area (TPSA) is 92.7 Å². The number of carbonyl (C=O) groups is 1. The van der Waals surface area contributed by atoms with Gasteiger partial charge in [-0.2, -0.15) is 0 Å². The summed E-state index contributed by atoms with van der Waals surface area (Å²) in [5.74, 6) is -1.11. The third-order valence-corrected chi connectivity index (χ3v) is 5.70. The molecule has 2 rings (SSSR count). The Labute approximate surface area is 183 Å². The summed E-state index contributed by atoms with van der Waals surface area (Å²) in [6.07, 6.45) is -1.26. The first-order chi connectivity index (χ1) is 13.0. The van der Waals surface area contributed by atoms with Crippen molar-refractivity contribution in [3.8, 4) is 5.75 Å². The molecule has 0 aliphatic rings. The molecule has 0 amide bonds. The van der Waals surface area contributed by atoms with Crippen molar-refractivity contribution in [2.75, 3.05) is 11.0 Å². The molecule has 152 valence electrons. The van der Waals surface area contributed by atoms with E-state index < -0.39 is 22.2 Å². The minimum absolute atomic E-state index is 0.0372. The Morgan fingerprint density at radius 2 is 1.93 bits per heavy atom. The number of aliphatic carboxylic acids is 1. The molecule has 2 aromatic carbocycles. The van der Waals surface area contributed by atoms with Gasteiger partial charge in [0.15, 0.2) is 0 Å². The van der Waals surface area contributed by atoms with Crippen LogP contribution in [0, 0.1) is 0 Å². The first kappa shape index (κ1) is 22.9. The highest BCUT2D eigenvalue weighted by Gasteiger charge is 2.19. The molecule has 2 N–H and O–H groups in total. The molecule has 0 saturated heterocycles. The van der Waals surface area contributed by atoms with E-state index in [9.17, 15) is 17.6 Å². The lowest BCUT2D eigenvalue weighted by Gasteiger charge is -2.15. The molecule has 1 atom stereocenters. The molecule has 11 heteroatoms. The highest BCUT2D eigenvalue weighted by Crippen LogP contribution is 2.36. The van der Waals surface area contributed by atoms with Crippen LogP contribution in [0.3, 0.4) is 0 Å². The summed E-state index contributed by atoms with van der Waals surface area (Å²) in [6, 6.07) is 7.99. The number of rotatable bonds is 8. The third-order valence-electron chi connectivity index (χ3n) is 3.49. The Balaban J connectivity index is 2.19. The fraction of sp³-hybridized carbons (Fsp3) is 0.235. The summed E-state index contributed by atoms with van der Waals surface area (Å²) in [7, 11) is -3.48. The number of hydrogen-bond acceptors (Lipinski definition) is 4. The Morgan fingerprint density at radius 3 is 2.46 bits per heavy atom. The number of sulfonamides is 1. The van der Waals surface area contributed by atoms with E-state index >= 15 is 0 Å². The zero-order chi connectivity index (χ0) is 21.1. The number of hydrogen-bond donors (Lipinski definition) is 2. The van der Waals surface area contributed by atoms with Gasteiger partial charge < -0.3 is 9.84 Å². The van der Waals surface area contributed by atoms with Crippen molar-refractivity contribution in [2.45, 2.75) is 19.2 Å². The van der Waals surface area contributed by atoms with Gasteiger partial charge in [-0.3, -0.25) is 4.72 Å². The normalized spacial score (nSPS) is 12.5. The first-order valence-corrected chi connectivity index (χ1v) is 11.6. The van der Waals surface area contributed by atoms with Gasteiger partial charge in [0.1, 0.15) is 12.4 Å². The molecule has 0 radical (unpaired) electrons. The van der Waals surface area contributed by atoms with E-state index in [1.165, 1.54) is 6.07 Å². The second kappa shape index (κ2) is 9.43. The molecular formula is C17H15Br2ClFNO5S. The molecule has 0 saturated carbocycles. The van der Waals surface area contributed by atoms with E-state index in [4.69, 9.17) is 21.4 Å². The van der Waals surface area contributed by atoms with E-state index in [-0.39, 0.29) is 23.7 Å². The summed E-state index contributed by atoms with van der Waals surface area (Å²) in [6.45, 7) is 0.0372. The zero-order valence-electron chi connectivity index (χ0n) is 14.4. The van der Waals surface area contributed by atoms with Crippen molar-refractivity contribution in [1.82, 2.24) is 0 Å². The second-order valence-corrected chi connectivity index (χ2v) is 9.68. The summed E-state index contributed by atoms with van der Waals surface area (Å²) < 4.78 is 45.3. The Morgan fingerprint density at radius 1 is 1.32 bits per heavy atom. The number of anilines is 1. The first-order valence-electron chi connectivity index (χ1n) is 7.70. The van der Waals surface area contributed by atoms with E-state index in [2.05, 4.69) is 36.6 Å². The fourth-order valence-corrected chi connectivity index (χ4v) is 4.65. The molecular weight excluding hydrogens is 545 g/mol. The number of benzene rings is 2. The number of ether oxygens (including phenoxy) is 1. The molecule has 0 heterocycles. The van der Waals surface area contributed by atoms with Gasteiger partial charge in [0.05, 0.1) is 25.9 Å². The molecule has 0 aromatic heterocycles. The maximum absolute atomic E-state index is 13.4. The monoisotopic (exact) mass is 557 g/mol. The van der Waals surface area contributed by atoms with Gasteiger partial charge >= 0.3 is 5.97 Å². The van der Waals surface area contributed by atoms with E-state index in [1.807, 2.05) is 0 Å². The number of carboxylic acid groups (broad SMARTS) is 1. The van der Waals surface area contributed by atoms with Gasteiger partial charge in [-0.05, 0) is 55.6 Å². The number of halogens is 4. The molecule has 0 aliphatic carbocycles. The van der Waals surface area contributed by atoms with Crippen LogP contribution in [0.5, 0.6) is 5.75 Å². The molecule has 0 bridgehead atoms. The van der Waals surface area contributed by atoms with Gasteiger partial charge in [0.2, 0.25) is 16.2 Å². The second-order valence-electron chi connectivity index (χ2n) is 5.84. The van der Waals surface area contributed by atoms with Crippen LogP contribution >= 0.6 is 43.5 Å². The third kappa shape index (κ3) is 6.33. The quantitative estimate of drug-likeness (QED) is 0.486. The van der Waals surface area contributed by atoms with Crippen molar-refractivity contribution >= 4 is 65.1 Å². The van der Waals surface area contributed by atoms with Gasteiger partial charge in [-0.15, -0.1) is 0 Å². The largest absolute Gasteiger partial charge is 0.486 e. The van der Waals surface area contributed by atoms with Gasteiger partial charge in [0, 0.05) is 12.0 Å². The van der Waals surface area contributed by atoms with E-state index in [0.717, 1.165) is 6.26 Å². The van der Waals surface area contributed by atoms with Crippen molar-refractivity contribution < 1.29 is 27.4 Å². The maximum Gasteiger partial charge on any atom is 0.338 e. The van der Waals surface area contributed by atoms with Gasteiger partial charge in [-0.1, -0.05) is 23.7 Å². The number of alkyl halides is 1. The fourth-order valence-electron chi connectivity index (χ4n) is 2.28. The predicted molar refractivity (Wildman–Crippen MR) is 112 cm³/mol. The van der Waals surface area contributed by atoms with Crippen molar-refractivity contribution in [3.63, 3.8) is 0 Å². The van der Waals surface area contributed by atoms with Gasteiger partial charge in [0.25, 0.3) is 0 Å². The van der Waals surface area contributed by atoms with E-state index in [0.29, 0.717) is 25.8 Å². The van der Waals surface area contributed by atoms with Crippen molar-refractivity contribution in [2.24, 2.45) is 0 Å². The van der Waals surface area contributed by atoms with Gasteiger partial charge in [-0.25, -0.2) is 17.6 Å². The van der Waals surface area contributed by atoms with Crippen LogP contribution < -0.4 is 9.46 Å². The number of carboxylic acids is 1. The van der Waals surface area contributed by atoms with Crippen LogP contribution in [0.25, 0.3) is 0 Å². The zero-order valence-corrected chi connectivity index (χ0v) is 19.1. The summed E-state index contributed by atoms with van der Waals surface area (Å²) in [5.41, 5.74) is 1.26. The molecule has 0 fully saturated rings. The van der Waals surface area contributed by atoms with E-state index in [1.54, 1.807) is 24.3 Å². The Bertz CT molecular complexity index is 980. The minimum Gasteiger partial charge on any atom is -0.486 e. The Kier molecular flexibility index (Phi) is 7.72. The average molecular weight is 560 g/mol. The molecule has 6 nitrogen and oxygen atoms in total. The molecule has 28 heavy (non-hydrogen) atoms. The lowest BCUT2D eigenvalue weighted by molar-refractivity contribution is -0.142. The summed E-state index contributed by atoms with van der Waals surface area (Å²) in [5, 5.41) is 8.89. The highest BCUT2D eigenvalue weighted by atomic mass is 79.9. The predicted octanol–water partition coefficient (Wildman–Crippen LogP) is 4.78. The summed E-state index contributed by atoms with van der Waals surface area (Å²) in [4.78, 5) is 10.7. The maximum atomic E-state index is 13.4. The van der Waals surface area contributed by atoms with Crippen LogP contribution in [0.2, 0.25) is 5.02 Å². The molecule has 2 aromatic rings. The van der Waals surface area contributed by atoms with Crippen molar-refractivity contribution in [3.05, 3.63) is 55.4 Å². The van der Waals surface area contributed by atoms with Crippen molar-refractivity contribution in [1.29, 1.82) is 0 Å². The van der Waals surface area contributed by atoms with Crippen LogP contribution in [0.15, 0.2) is 39.3 Å². The average Bonchev–Trinajstić information content (AvgIpc) is 2.55. The van der Waals surface area contributed by atoms with Crippen LogP contribution in [0.1, 0.15) is 11.1 Å². The summed E-state index contributed by atoms with van der Waals surface area (Å²) >= 11 is 12.9. The smallest absolute Gasteiger partial charge is 0.338 e. The highest BCUT2D eigenvalue weighted by molar-refractivity contribution is 9.11. The molecule has 0 spiro atoms. The lowest BCUT2D eigenvalue weighted by atomic mass is 10.1. The SMILES string of the molecule is CS(=O)(=O)Nc1cccc(COc2c(Br)cc(C[C@@H](F)C(=O)O)cc2Br)c1Cl. The standard InChI is InChI=1S/C17H15Br2ClFNO5S/c1-28(25,26)22-14-4-2-3-10(15(14)20)8-27-16-11(18)5-9(6-12(16)19)7-13(21)17(23)24/h2-6,13,22H,7-8H2,1H3,(H,23,24)/t13-/m1/s1.